The molecule has 14 unspecified atom stereocenters. The number of carboxylic acids is 1. The Kier molecular flexibility index (Phi) is 21.7. The number of epoxide rings is 2. The topological polar surface area (TPSA) is 91.8 Å². The van der Waals surface area contributed by atoms with Crippen LogP contribution in [0.3, 0.4) is 0 Å². The molecule has 2 heterocycles. The number of alkyl halides is 1. The second kappa shape index (κ2) is 25.7. The molecule has 75 heavy (non-hydrogen) atoms. The Hall–Kier alpha value is -0.640. The van der Waals surface area contributed by atoms with E-state index in [0.29, 0.717) is 64.6 Å². The monoisotopic (exact) mass is 1110 g/mol. The Morgan fingerprint density at radius 3 is 1.36 bits per heavy atom. The van der Waals surface area contributed by atoms with E-state index in [9.17, 15) is 15.0 Å². The predicted octanol–water partition coefficient (Wildman–Crippen LogP) is 12.6. The van der Waals surface area contributed by atoms with E-state index < -0.39 is 11.4 Å². The number of rotatable bonds is 10. The molecule has 0 spiro atoms. The first kappa shape index (κ1) is 63.5. The van der Waals surface area contributed by atoms with Crippen LogP contribution in [0.5, 0.6) is 0 Å². The summed E-state index contributed by atoms with van der Waals surface area (Å²) < 4.78 is 16.2. The third kappa shape index (κ3) is 13.3. The fourth-order valence-electron chi connectivity index (χ4n) is 17.7. The van der Waals surface area contributed by atoms with Crippen LogP contribution < -0.4 is 18.9 Å². The van der Waals surface area contributed by atoms with Crippen LogP contribution in [-0.4, -0.2) is 84.1 Å². The third-order valence-electron chi connectivity index (χ3n) is 22.5. The van der Waals surface area contributed by atoms with Crippen molar-refractivity contribution >= 4 is 39.3 Å². The van der Waals surface area contributed by atoms with Crippen LogP contribution >= 0.6 is 15.9 Å². The molecule has 11 rings (SSSR count). The number of ether oxygens (including phenoxy) is 3. The molecule has 0 aromatic rings. The first-order valence-electron chi connectivity index (χ1n) is 30.0. The van der Waals surface area contributed by atoms with E-state index in [-0.39, 0.29) is 54.4 Å². The van der Waals surface area contributed by atoms with Gasteiger partial charge in [0.1, 0.15) is 6.10 Å². The average molecular weight is 1110 g/mol. The van der Waals surface area contributed by atoms with Crippen molar-refractivity contribution in [3.63, 3.8) is 0 Å². The van der Waals surface area contributed by atoms with Crippen molar-refractivity contribution in [3.05, 3.63) is 69.9 Å². The second-order valence-electron chi connectivity index (χ2n) is 28.2. The average Bonchev–Trinajstić information content (AvgIpc) is 4.31. The number of hydrogen-bond donors (Lipinski definition) is 2. The van der Waals surface area contributed by atoms with Crippen molar-refractivity contribution in [2.24, 2.45) is 85.8 Å². The maximum absolute atomic E-state index is 11.9. The molecule has 5 fully saturated rings. The van der Waals surface area contributed by atoms with Crippen LogP contribution in [0.25, 0.3) is 0 Å². The van der Waals surface area contributed by atoms with Crippen LogP contribution in [-0.2, 0) is 19.0 Å². The van der Waals surface area contributed by atoms with E-state index in [1.54, 1.807) is 27.9 Å². The van der Waals surface area contributed by atoms with E-state index in [0.717, 1.165) is 68.8 Å². The summed E-state index contributed by atoms with van der Waals surface area (Å²) in [5, 5.41) is 20.8. The Balaban J connectivity index is 0.000000198. The maximum Gasteiger partial charge on any atom is 1.00 e. The van der Waals surface area contributed by atoms with Crippen molar-refractivity contribution in [1.82, 2.24) is 0 Å². The summed E-state index contributed by atoms with van der Waals surface area (Å²) in [6, 6.07) is 0. The molecule has 0 amide bonds. The number of halogens is 1. The number of allylic oxidation sites excluding steroid dienone is 12. The summed E-state index contributed by atoms with van der Waals surface area (Å²) >= 11 is 3.25. The molecule has 418 valence electrons. The van der Waals surface area contributed by atoms with Gasteiger partial charge in [-0.15, -0.1) is 0 Å². The molecule has 0 radical (unpaired) electrons. The maximum atomic E-state index is 11.9. The standard InChI is InChI=1S/C23H36O2.C20H30O2.C20H32O.C3H5BrO.Al.Li.4H/c1-16(2)17-6-8-20-18(12-17)7-9-21-22(3,10-5-11-23(20,21)4)15-24-13-19-14-25-19;1-13(2)14-6-8-16-15(12-14)7-9-17-19(16,3)10-5-11-20(17,4)18(21)22;1-14(2)15-6-8-17-16(12-15)7-9-18-19(3,13-21)10-5-11-20(17,18)4;4-1-3-2-5-3;;;;;;/h7,12,16,19-21H,5-6,8-11,13-15H2,1-4H3;7,12-13,16-17H,5-6,8-11H2,1-4H3,(H,21,22);7,12,14,17-18,21H,5-6,8-11,13H2,1-4H3;3H,1-2H2;;;;;;/q;;;;;+1;;;;-1. The molecule has 9 aliphatic carbocycles. The molecule has 14 atom stereocenters. The Morgan fingerprint density at radius 2 is 1.00 bits per heavy atom. The van der Waals surface area contributed by atoms with E-state index >= 15 is 0 Å². The van der Waals surface area contributed by atoms with Crippen LogP contribution in [0.2, 0.25) is 0 Å². The normalized spacial score (nSPS) is 40.8. The largest absolute Gasteiger partial charge is 1.00 e. The molecule has 2 N–H and O–H groups in total. The van der Waals surface area contributed by atoms with Crippen LogP contribution in [0.15, 0.2) is 69.9 Å². The SMILES string of the molecule is BrCC1CO1.CC(C)C1=CC2=CCC3C(C)(C(=O)O)CCCC3(C)C2CC1.CC(C)C1=CC2=CCC3C(C)(CO)CCCC3(C)C2CC1.CC(C)C1=CC2=CCC3C(C)(COCC4CO4)CCCC3(C)C2CC1.[AlH3].[H-].[Li+]. The van der Waals surface area contributed by atoms with E-state index in [2.05, 4.69) is 129 Å². The number of aliphatic hydroxyl groups is 1. The summed E-state index contributed by atoms with van der Waals surface area (Å²) in [5.74, 6) is 5.18. The molecule has 2 saturated heterocycles. The first-order valence-corrected chi connectivity index (χ1v) is 31.1. The van der Waals surface area contributed by atoms with Gasteiger partial charge >= 0.3 is 24.8 Å². The van der Waals surface area contributed by atoms with Crippen molar-refractivity contribution in [3.8, 4) is 0 Å². The van der Waals surface area contributed by atoms with Gasteiger partial charge in [-0.1, -0.05) is 165 Å². The molecule has 0 aromatic heterocycles. The summed E-state index contributed by atoms with van der Waals surface area (Å²) in [6.45, 7) is 32.2. The molecule has 0 aromatic carbocycles. The van der Waals surface area contributed by atoms with Crippen LogP contribution in [0.1, 0.15) is 200 Å². The summed E-state index contributed by atoms with van der Waals surface area (Å²) in [7, 11) is 0. The minimum Gasteiger partial charge on any atom is -1.00 e. The molecule has 0 bridgehead atoms. The number of aliphatic hydroxyl groups excluding tert-OH is 1. The van der Waals surface area contributed by atoms with Gasteiger partial charge in [0.25, 0.3) is 0 Å². The van der Waals surface area contributed by atoms with Crippen molar-refractivity contribution in [1.29, 1.82) is 0 Å². The van der Waals surface area contributed by atoms with E-state index in [4.69, 9.17) is 14.2 Å². The number of carbonyl (C=O) groups is 1. The minimum absolute atomic E-state index is 0. The Morgan fingerprint density at radius 1 is 0.627 bits per heavy atom. The Bertz CT molecular complexity index is 2180. The van der Waals surface area contributed by atoms with Gasteiger partial charge in [-0.05, 0) is 200 Å². The van der Waals surface area contributed by atoms with E-state index in [1.165, 1.54) is 102 Å². The van der Waals surface area contributed by atoms with Gasteiger partial charge in [-0.25, -0.2) is 0 Å². The fraction of sp³-hybridized carbons (Fsp3) is 0.803. The van der Waals surface area contributed by atoms with Gasteiger partial charge in [0, 0.05) is 11.9 Å². The summed E-state index contributed by atoms with van der Waals surface area (Å²) in [5.41, 5.74) is 10.6. The molecule has 3 saturated carbocycles. The number of aliphatic carboxylic acids is 1. The summed E-state index contributed by atoms with van der Waals surface area (Å²) in [4.78, 5) is 11.9. The number of hydrogen-bond acceptors (Lipinski definition) is 5. The molecule has 11 aliphatic rings. The smallest absolute Gasteiger partial charge is 1.00 e. The zero-order valence-electron chi connectivity index (χ0n) is 50.2. The van der Waals surface area contributed by atoms with Gasteiger partial charge in [0.15, 0.2) is 17.4 Å². The minimum atomic E-state index is -0.588. The van der Waals surface area contributed by atoms with Gasteiger partial charge in [0.2, 0.25) is 0 Å². The van der Waals surface area contributed by atoms with Crippen molar-refractivity contribution in [2.45, 2.75) is 211 Å². The molecule has 6 nitrogen and oxygen atoms in total. The van der Waals surface area contributed by atoms with Crippen LogP contribution in [0.4, 0.5) is 0 Å². The fourth-order valence-corrected chi connectivity index (χ4v) is 18.0. The number of fused-ring (bicyclic) bond motifs is 9. The van der Waals surface area contributed by atoms with E-state index in [1.807, 2.05) is 6.92 Å². The van der Waals surface area contributed by atoms with Crippen molar-refractivity contribution in [2.75, 3.05) is 38.4 Å². The zero-order valence-corrected chi connectivity index (χ0v) is 50.8. The van der Waals surface area contributed by atoms with Gasteiger partial charge in [-0.3, -0.25) is 4.79 Å². The zero-order chi connectivity index (χ0) is 52.7. The number of carboxylic acid groups (broad SMARTS) is 1. The van der Waals surface area contributed by atoms with Gasteiger partial charge in [0.05, 0.1) is 37.9 Å². The summed E-state index contributed by atoms with van der Waals surface area (Å²) in [6.07, 6.45) is 37.9. The molecular weight excluding hydrogens is 1000 g/mol. The van der Waals surface area contributed by atoms with Crippen LogP contribution in [0, 0.1) is 85.8 Å². The van der Waals surface area contributed by atoms with Gasteiger partial charge < -0.3 is 25.9 Å². The molecular formula is C66H107AlBrLiO6. The quantitative estimate of drug-likeness (QED) is 0.129. The predicted molar refractivity (Wildman–Crippen MR) is 316 cm³/mol. The Labute approximate surface area is 490 Å². The molecule has 9 heteroatoms. The van der Waals surface area contributed by atoms with Gasteiger partial charge in [-0.2, -0.15) is 0 Å². The second-order valence-corrected chi connectivity index (χ2v) is 28.9. The molecule has 2 aliphatic heterocycles. The first-order chi connectivity index (χ1) is 34.5. The van der Waals surface area contributed by atoms with Crippen molar-refractivity contribution < 1.29 is 49.5 Å². The third-order valence-corrected chi connectivity index (χ3v) is 23.3.